The van der Waals surface area contributed by atoms with Gasteiger partial charge in [-0.25, -0.2) is 0 Å². The van der Waals surface area contributed by atoms with E-state index in [1.165, 1.54) is 12.8 Å². The molecule has 1 aliphatic carbocycles. The second-order valence-corrected chi connectivity index (χ2v) is 6.64. The first-order valence-corrected chi connectivity index (χ1v) is 8.50. The van der Waals surface area contributed by atoms with Crippen LogP contribution in [-0.2, 0) is 9.53 Å². The minimum absolute atomic E-state index is 0.0220. The SMILES string of the molecule is COCC1(C(=O)Nc2ccc(OC3CCCC3)cc2)CCNC1. The van der Waals surface area contributed by atoms with Crippen LogP contribution in [0.25, 0.3) is 0 Å². The molecule has 0 bridgehead atoms. The van der Waals surface area contributed by atoms with Crippen LogP contribution in [0.5, 0.6) is 5.75 Å². The maximum absolute atomic E-state index is 12.6. The van der Waals surface area contributed by atoms with E-state index in [4.69, 9.17) is 9.47 Å². The standard InChI is InChI=1S/C18H26N2O3/c1-22-13-18(10-11-19-12-18)17(21)20-14-6-8-16(9-7-14)23-15-4-2-3-5-15/h6-9,15,19H,2-5,10-13H2,1H3,(H,20,21). The lowest BCUT2D eigenvalue weighted by Gasteiger charge is -2.26. The molecular weight excluding hydrogens is 292 g/mol. The van der Waals surface area contributed by atoms with Crippen LogP contribution in [-0.4, -0.2) is 38.8 Å². The van der Waals surface area contributed by atoms with Crippen molar-refractivity contribution in [2.45, 2.75) is 38.2 Å². The molecule has 0 aromatic heterocycles. The summed E-state index contributed by atoms with van der Waals surface area (Å²) < 4.78 is 11.2. The molecule has 1 aromatic carbocycles. The monoisotopic (exact) mass is 318 g/mol. The molecule has 1 aromatic rings. The fraction of sp³-hybridized carbons (Fsp3) is 0.611. The third-order valence-corrected chi connectivity index (χ3v) is 4.86. The Morgan fingerprint density at radius 2 is 2.04 bits per heavy atom. The molecule has 0 spiro atoms. The summed E-state index contributed by atoms with van der Waals surface area (Å²) in [7, 11) is 1.64. The van der Waals surface area contributed by atoms with Crippen LogP contribution in [0.4, 0.5) is 5.69 Å². The molecule has 0 radical (unpaired) electrons. The fourth-order valence-corrected chi connectivity index (χ4v) is 3.48. The van der Waals surface area contributed by atoms with Crippen molar-refractivity contribution in [2.24, 2.45) is 5.41 Å². The van der Waals surface area contributed by atoms with E-state index in [1.807, 2.05) is 24.3 Å². The van der Waals surface area contributed by atoms with Crippen molar-refractivity contribution in [1.29, 1.82) is 0 Å². The van der Waals surface area contributed by atoms with Gasteiger partial charge in [-0.15, -0.1) is 0 Å². The van der Waals surface area contributed by atoms with E-state index in [-0.39, 0.29) is 5.91 Å². The third-order valence-electron chi connectivity index (χ3n) is 4.86. The maximum atomic E-state index is 12.6. The Balaban J connectivity index is 1.59. The van der Waals surface area contributed by atoms with Crippen LogP contribution < -0.4 is 15.4 Å². The molecule has 23 heavy (non-hydrogen) atoms. The molecular formula is C18H26N2O3. The number of nitrogens with one attached hydrogen (secondary N) is 2. The van der Waals surface area contributed by atoms with Crippen LogP contribution in [0, 0.1) is 5.41 Å². The first kappa shape index (κ1) is 16.3. The smallest absolute Gasteiger partial charge is 0.234 e. The average molecular weight is 318 g/mol. The first-order chi connectivity index (χ1) is 11.2. The van der Waals surface area contributed by atoms with E-state index in [2.05, 4.69) is 10.6 Å². The molecule has 126 valence electrons. The first-order valence-electron chi connectivity index (χ1n) is 8.50. The molecule has 1 saturated carbocycles. The summed E-state index contributed by atoms with van der Waals surface area (Å²) in [5, 5.41) is 6.27. The third kappa shape index (κ3) is 3.85. The summed E-state index contributed by atoms with van der Waals surface area (Å²) in [6, 6.07) is 7.68. The molecule has 3 rings (SSSR count). The molecule has 1 saturated heterocycles. The highest BCUT2D eigenvalue weighted by molar-refractivity contribution is 5.96. The number of carbonyl (C=O) groups excluding carboxylic acids is 1. The van der Waals surface area contributed by atoms with Crippen LogP contribution in [0.2, 0.25) is 0 Å². The van der Waals surface area contributed by atoms with Gasteiger partial charge >= 0.3 is 0 Å². The topological polar surface area (TPSA) is 59.6 Å². The Bertz CT molecular complexity index is 518. The van der Waals surface area contributed by atoms with Gasteiger partial charge in [-0.2, -0.15) is 0 Å². The number of hydrogen-bond donors (Lipinski definition) is 2. The van der Waals surface area contributed by atoms with Crippen molar-refractivity contribution in [1.82, 2.24) is 5.32 Å². The summed E-state index contributed by atoms with van der Waals surface area (Å²) in [5.41, 5.74) is 0.337. The molecule has 1 amide bonds. The maximum Gasteiger partial charge on any atom is 0.234 e. The van der Waals surface area contributed by atoms with Gasteiger partial charge in [0.1, 0.15) is 5.75 Å². The molecule has 5 heteroatoms. The molecule has 1 unspecified atom stereocenters. The van der Waals surface area contributed by atoms with Crippen molar-refractivity contribution in [3.63, 3.8) is 0 Å². The number of carbonyl (C=O) groups is 1. The van der Waals surface area contributed by atoms with Crippen LogP contribution in [0.1, 0.15) is 32.1 Å². The number of amides is 1. The van der Waals surface area contributed by atoms with Crippen LogP contribution in [0.15, 0.2) is 24.3 Å². The average Bonchev–Trinajstić information content (AvgIpc) is 3.22. The zero-order chi connectivity index (χ0) is 16.1. The lowest BCUT2D eigenvalue weighted by atomic mass is 9.87. The van der Waals surface area contributed by atoms with Crippen molar-refractivity contribution < 1.29 is 14.3 Å². The van der Waals surface area contributed by atoms with Gasteiger partial charge in [0.15, 0.2) is 0 Å². The molecule has 2 aliphatic rings. The number of hydrogen-bond acceptors (Lipinski definition) is 4. The van der Waals surface area contributed by atoms with Crippen LogP contribution in [0.3, 0.4) is 0 Å². The van der Waals surface area contributed by atoms with E-state index in [0.717, 1.165) is 37.2 Å². The van der Waals surface area contributed by atoms with E-state index < -0.39 is 5.41 Å². The summed E-state index contributed by atoms with van der Waals surface area (Å²) in [4.78, 5) is 12.6. The second kappa shape index (κ2) is 7.32. The Morgan fingerprint density at radius 1 is 1.30 bits per heavy atom. The molecule has 2 N–H and O–H groups in total. The summed E-state index contributed by atoms with van der Waals surface area (Å²) in [6.07, 6.45) is 5.96. The Labute approximate surface area is 137 Å². The van der Waals surface area contributed by atoms with E-state index in [0.29, 0.717) is 19.3 Å². The Hall–Kier alpha value is -1.59. The highest BCUT2D eigenvalue weighted by Crippen LogP contribution is 2.29. The predicted octanol–water partition coefficient (Wildman–Crippen LogP) is 2.57. The van der Waals surface area contributed by atoms with Gasteiger partial charge in [-0.1, -0.05) is 0 Å². The number of rotatable bonds is 6. The molecule has 5 nitrogen and oxygen atoms in total. The van der Waals surface area contributed by atoms with Crippen molar-refractivity contribution in [2.75, 3.05) is 32.1 Å². The Morgan fingerprint density at radius 3 is 2.65 bits per heavy atom. The summed E-state index contributed by atoms with van der Waals surface area (Å²) in [6.45, 7) is 1.95. The Kier molecular flexibility index (Phi) is 5.18. The van der Waals surface area contributed by atoms with Crippen molar-refractivity contribution in [3.8, 4) is 5.75 Å². The number of ether oxygens (including phenoxy) is 2. The van der Waals surface area contributed by atoms with Gasteiger partial charge in [0.25, 0.3) is 0 Å². The summed E-state index contributed by atoms with van der Waals surface area (Å²) >= 11 is 0. The zero-order valence-electron chi connectivity index (χ0n) is 13.8. The van der Waals surface area contributed by atoms with Gasteiger partial charge in [0.2, 0.25) is 5.91 Å². The van der Waals surface area contributed by atoms with Gasteiger partial charge in [-0.3, -0.25) is 4.79 Å². The quantitative estimate of drug-likeness (QED) is 0.846. The largest absolute Gasteiger partial charge is 0.490 e. The van der Waals surface area contributed by atoms with Gasteiger partial charge in [0.05, 0.1) is 18.1 Å². The van der Waals surface area contributed by atoms with Crippen molar-refractivity contribution >= 4 is 11.6 Å². The van der Waals surface area contributed by atoms with E-state index in [9.17, 15) is 4.79 Å². The number of anilines is 1. The van der Waals surface area contributed by atoms with Gasteiger partial charge < -0.3 is 20.1 Å². The highest BCUT2D eigenvalue weighted by atomic mass is 16.5. The summed E-state index contributed by atoms with van der Waals surface area (Å²) in [5.74, 6) is 0.901. The minimum atomic E-state index is -0.465. The second-order valence-electron chi connectivity index (χ2n) is 6.64. The zero-order valence-corrected chi connectivity index (χ0v) is 13.8. The van der Waals surface area contributed by atoms with Crippen molar-refractivity contribution in [3.05, 3.63) is 24.3 Å². The van der Waals surface area contributed by atoms with E-state index in [1.54, 1.807) is 7.11 Å². The molecule has 1 atom stereocenters. The minimum Gasteiger partial charge on any atom is -0.490 e. The lowest BCUT2D eigenvalue weighted by molar-refractivity contribution is -0.127. The normalized spacial score (nSPS) is 24.7. The number of benzene rings is 1. The molecule has 2 fully saturated rings. The van der Waals surface area contributed by atoms with Gasteiger partial charge in [-0.05, 0) is 62.9 Å². The lowest BCUT2D eigenvalue weighted by Crippen LogP contribution is -2.41. The predicted molar refractivity (Wildman–Crippen MR) is 89.8 cm³/mol. The number of methoxy groups -OCH3 is 1. The van der Waals surface area contributed by atoms with Crippen LogP contribution >= 0.6 is 0 Å². The highest BCUT2D eigenvalue weighted by Gasteiger charge is 2.41. The van der Waals surface area contributed by atoms with Gasteiger partial charge in [0, 0.05) is 19.3 Å². The van der Waals surface area contributed by atoms with E-state index >= 15 is 0 Å². The molecule has 1 aliphatic heterocycles. The molecule has 1 heterocycles. The fourth-order valence-electron chi connectivity index (χ4n) is 3.48.